The van der Waals surface area contributed by atoms with Gasteiger partial charge in [-0.15, -0.1) is 0 Å². The van der Waals surface area contributed by atoms with Crippen molar-refractivity contribution in [1.82, 2.24) is 0 Å². The molecule has 0 aliphatic carbocycles. The van der Waals surface area contributed by atoms with Crippen LogP contribution >= 0.6 is 15.9 Å². The van der Waals surface area contributed by atoms with Crippen molar-refractivity contribution in [3.63, 3.8) is 0 Å². The molecule has 1 rings (SSSR count). The molecular weight excluding hydrogens is 246 g/mol. The number of halogens is 1. The normalized spacial score (nSPS) is 11.5. The summed E-state index contributed by atoms with van der Waals surface area (Å²) in [5.74, 6) is 5.99. The second-order valence-corrected chi connectivity index (χ2v) is 4.39. The maximum Gasteiger partial charge on any atom is 0.126 e. The lowest BCUT2D eigenvalue weighted by molar-refractivity contribution is -0.0250. The minimum Gasteiger partial charge on any atom is -0.496 e. The number of ether oxygens (including phenoxy) is 1. The van der Waals surface area contributed by atoms with Crippen LogP contribution in [0.3, 0.4) is 0 Å². The zero-order valence-electron chi connectivity index (χ0n) is 8.50. The fourth-order valence-electron chi connectivity index (χ4n) is 1.23. The summed E-state index contributed by atoms with van der Waals surface area (Å²) in [6.45, 7) is 3.78. The molecule has 1 aromatic rings. The zero-order valence-corrected chi connectivity index (χ0v) is 10.1. The standard InChI is InChI=1S/C10H14BrNO2/c1-10(2,14-12)8-5-4-7(11)6-9(8)13-3/h4-6H,12H2,1-3H3. The second kappa shape index (κ2) is 4.29. The predicted molar refractivity (Wildman–Crippen MR) is 59.0 cm³/mol. The molecule has 0 radical (unpaired) electrons. The summed E-state index contributed by atoms with van der Waals surface area (Å²) in [7, 11) is 1.62. The molecule has 0 fully saturated rings. The first kappa shape index (κ1) is 11.5. The molecule has 0 aromatic heterocycles. The Kier molecular flexibility index (Phi) is 3.53. The number of methoxy groups -OCH3 is 1. The first-order valence-electron chi connectivity index (χ1n) is 4.23. The van der Waals surface area contributed by atoms with Gasteiger partial charge in [0.15, 0.2) is 0 Å². The summed E-state index contributed by atoms with van der Waals surface area (Å²) in [6.07, 6.45) is 0. The second-order valence-electron chi connectivity index (χ2n) is 3.47. The number of hydrogen-bond acceptors (Lipinski definition) is 3. The van der Waals surface area contributed by atoms with E-state index < -0.39 is 5.60 Å². The molecule has 0 spiro atoms. The van der Waals surface area contributed by atoms with Gasteiger partial charge in [0.25, 0.3) is 0 Å². The Hall–Kier alpha value is -0.580. The Morgan fingerprint density at radius 2 is 2.00 bits per heavy atom. The third-order valence-corrected chi connectivity index (χ3v) is 2.60. The van der Waals surface area contributed by atoms with Gasteiger partial charge in [-0.25, -0.2) is 5.90 Å². The van der Waals surface area contributed by atoms with Crippen molar-refractivity contribution in [3.05, 3.63) is 28.2 Å². The average Bonchev–Trinajstić information content (AvgIpc) is 2.17. The molecule has 0 saturated carbocycles. The topological polar surface area (TPSA) is 44.5 Å². The lowest BCUT2D eigenvalue weighted by Gasteiger charge is -2.24. The van der Waals surface area contributed by atoms with Crippen LogP contribution in [-0.4, -0.2) is 7.11 Å². The Morgan fingerprint density at radius 1 is 1.36 bits per heavy atom. The van der Waals surface area contributed by atoms with E-state index in [9.17, 15) is 0 Å². The maximum atomic E-state index is 5.25. The van der Waals surface area contributed by atoms with Gasteiger partial charge in [0.1, 0.15) is 11.4 Å². The fourth-order valence-corrected chi connectivity index (χ4v) is 1.57. The van der Waals surface area contributed by atoms with Gasteiger partial charge < -0.3 is 4.74 Å². The molecule has 3 nitrogen and oxygen atoms in total. The lowest BCUT2D eigenvalue weighted by atomic mass is 9.97. The minimum absolute atomic E-state index is 0.550. The highest BCUT2D eigenvalue weighted by atomic mass is 79.9. The van der Waals surface area contributed by atoms with E-state index in [1.54, 1.807) is 7.11 Å². The van der Waals surface area contributed by atoms with Crippen molar-refractivity contribution >= 4 is 15.9 Å². The Morgan fingerprint density at radius 3 is 2.50 bits per heavy atom. The molecule has 0 heterocycles. The highest BCUT2D eigenvalue weighted by Gasteiger charge is 2.24. The van der Waals surface area contributed by atoms with Gasteiger partial charge in [0.05, 0.1) is 7.11 Å². The van der Waals surface area contributed by atoms with E-state index in [4.69, 9.17) is 15.5 Å². The summed E-state index contributed by atoms with van der Waals surface area (Å²) in [5, 5.41) is 0. The molecule has 0 atom stereocenters. The number of rotatable bonds is 3. The summed E-state index contributed by atoms with van der Waals surface area (Å²) < 4.78 is 6.21. The average molecular weight is 260 g/mol. The van der Waals surface area contributed by atoms with E-state index in [1.165, 1.54) is 0 Å². The minimum atomic E-state index is -0.550. The number of hydrogen-bond donors (Lipinski definition) is 1. The molecule has 0 aliphatic heterocycles. The van der Waals surface area contributed by atoms with E-state index in [-0.39, 0.29) is 0 Å². The van der Waals surface area contributed by atoms with Crippen LogP contribution in [0.5, 0.6) is 5.75 Å². The number of nitrogens with two attached hydrogens (primary N) is 1. The quantitative estimate of drug-likeness (QED) is 0.849. The van der Waals surface area contributed by atoms with E-state index in [0.717, 1.165) is 15.8 Å². The van der Waals surface area contributed by atoms with Crippen molar-refractivity contribution in [2.45, 2.75) is 19.4 Å². The Bertz CT molecular complexity index is 326. The molecular formula is C10H14BrNO2. The van der Waals surface area contributed by atoms with Crippen molar-refractivity contribution in [1.29, 1.82) is 0 Å². The van der Waals surface area contributed by atoms with Gasteiger partial charge in [0.2, 0.25) is 0 Å². The van der Waals surface area contributed by atoms with Crippen LogP contribution in [0.4, 0.5) is 0 Å². The largest absolute Gasteiger partial charge is 0.496 e. The molecule has 0 amide bonds. The van der Waals surface area contributed by atoms with Gasteiger partial charge in [-0.1, -0.05) is 22.0 Å². The maximum absolute atomic E-state index is 5.25. The third kappa shape index (κ3) is 2.26. The Balaban J connectivity index is 3.20. The van der Waals surface area contributed by atoms with Crippen LogP contribution in [-0.2, 0) is 10.4 Å². The summed E-state index contributed by atoms with van der Waals surface area (Å²) >= 11 is 3.37. The van der Waals surface area contributed by atoms with Gasteiger partial charge in [-0.2, -0.15) is 0 Å². The van der Waals surface area contributed by atoms with Crippen molar-refractivity contribution in [2.75, 3.05) is 7.11 Å². The van der Waals surface area contributed by atoms with Crippen LogP contribution in [0.25, 0.3) is 0 Å². The highest BCUT2D eigenvalue weighted by Crippen LogP contribution is 2.33. The van der Waals surface area contributed by atoms with Gasteiger partial charge in [0, 0.05) is 10.0 Å². The van der Waals surface area contributed by atoms with Crippen LogP contribution in [0, 0.1) is 0 Å². The van der Waals surface area contributed by atoms with Crippen LogP contribution < -0.4 is 10.6 Å². The SMILES string of the molecule is COc1cc(Br)ccc1C(C)(C)ON. The van der Waals surface area contributed by atoms with Crippen LogP contribution in [0.2, 0.25) is 0 Å². The molecule has 14 heavy (non-hydrogen) atoms. The van der Waals surface area contributed by atoms with Crippen molar-refractivity contribution < 1.29 is 9.57 Å². The monoisotopic (exact) mass is 259 g/mol. The van der Waals surface area contributed by atoms with E-state index >= 15 is 0 Å². The first-order valence-corrected chi connectivity index (χ1v) is 5.02. The van der Waals surface area contributed by atoms with Crippen molar-refractivity contribution in [2.24, 2.45) is 5.90 Å². The van der Waals surface area contributed by atoms with Crippen LogP contribution in [0.1, 0.15) is 19.4 Å². The van der Waals surface area contributed by atoms with Gasteiger partial charge >= 0.3 is 0 Å². The highest BCUT2D eigenvalue weighted by molar-refractivity contribution is 9.10. The summed E-state index contributed by atoms with van der Waals surface area (Å²) in [6, 6.07) is 5.74. The zero-order chi connectivity index (χ0) is 10.8. The first-order chi connectivity index (χ1) is 6.51. The van der Waals surface area contributed by atoms with Crippen LogP contribution in [0.15, 0.2) is 22.7 Å². The lowest BCUT2D eigenvalue weighted by Crippen LogP contribution is -2.25. The smallest absolute Gasteiger partial charge is 0.126 e. The van der Waals surface area contributed by atoms with E-state index in [1.807, 2.05) is 32.0 Å². The van der Waals surface area contributed by atoms with Gasteiger partial charge in [-0.05, 0) is 26.0 Å². The molecule has 4 heteroatoms. The van der Waals surface area contributed by atoms with E-state index in [0.29, 0.717) is 0 Å². The third-order valence-electron chi connectivity index (χ3n) is 2.11. The molecule has 2 N–H and O–H groups in total. The molecule has 0 aliphatic rings. The van der Waals surface area contributed by atoms with Gasteiger partial charge in [-0.3, -0.25) is 4.84 Å². The number of benzene rings is 1. The van der Waals surface area contributed by atoms with E-state index in [2.05, 4.69) is 15.9 Å². The fraction of sp³-hybridized carbons (Fsp3) is 0.400. The Labute approximate surface area is 92.3 Å². The summed E-state index contributed by atoms with van der Waals surface area (Å²) in [5.41, 5.74) is 0.372. The molecule has 0 bridgehead atoms. The predicted octanol–water partition coefficient (Wildman–Crippen LogP) is 2.58. The molecule has 78 valence electrons. The molecule has 1 aromatic carbocycles. The molecule has 0 unspecified atom stereocenters. The summed E-state index contributed by atoms with van der Waals surface area (Å²) in [4.78, 5) is 4.91. The van der Waals surface area contributed by atoms with Crippen molar-refractivity contribution in [3.8, 4) is 5.75 Å². The molecule has 0 saturated heterocycles.